The Labute approximate surface area is 195 Å². The van der Waals surface area contributed by atoms with Gasteiger partial charge in [0, 0.05) is 25.2 Å². The maximum absolute atomic E-state index is 12.3. The van der Waals surface area contributed by atoms with Crippen molar-refractivity contribution >= 4 is 29.4 Å². The van der Waals surface area contributed by atoms with E-state index in [-0.39, 0.29) is 30.9 Å². The number of amides is 2. The Hall–Kier alpha value is -2.91. The van der Waals surface area contributed by atoms with Crippen molar-refractivity contribution in [1.29, 1.82) is 0 Å². The van der Waals surface area contributed by atoms with Crippen LogP contribution in [0, 0.1) is 5.92 Å². The lowest BCUT2D eigenvalue weighted by molar-refractivity contribution is -0.124. The van der Waals surface area contributed by atoms with E-state index in [1.54, 1.807) is 11.6 Å². The van der Waals surface area contributed by atoms with Crippen molar-refractivity contribution in [1.82, 2.24) is 20.2 Å². The number of aliphatic hydroxyl groups excluding tert-OH is 1. The third-order valence-electron chi connectivity index (χ3n) is 5.52. The molecule has 2 heterocycles. The first kappa shape index (κ1) is 26.3. The number of hydrogen-bond donors (Lipinski definition) is 5. The lowest BCUT2D eigenvalue weighted by Gasteiger charge is -2.20. The summed E-state index contributed by atoms with van der Waals surface area (Å²) in [6.45, 7) is 6.46. The van der Waals surface area contributed by atoms with Gasteiger partial charge in [-0.3, -0.25) is 19.2 Å². The number of nitrogens with zero attached hydrogens (tertiary/aromatic N) is 2. The quantitative estimate of drug-likeness (QED) is 0.128. The monoisotopic (exact) mass is 459 g/mol. The Morgan fingerprint density at radius 1 is 1.24 bits per heavy atom. The average Bonchev–Trinajstić information content (AvgIpc) is 3.15. The molecule has 2 aromatic heterocycles. The second-order valence-electron chi connectivity index (χ2n) is 8.49. The Balaban J connectivity index is 2.14. The molecule has 0 saturated carbocycles. The molecule has 0 aliphatic rings. The minimum atomic E-state index is -0.601. The van der Waals surface area contributed by atoms with Crippen LogP contribution in [0.15, 0.2) is 24.4 Å². The topological polar surface area (TPSA) is 128 Å². The zero-order valence-electron chi connectivity index (χ0n) is 19.8. The van der Waals surface area contributed by atoms with Gasteiger partial charge in [-0.1, -0.05) is 40.0 Å². The fourth-order valence-electron chi connectivity index (χ4n) is 3.50. The maximum Gasteiger partial charge on any atom is 0.267 e. The number of aryl methyl sites for hydroxylation is 1. The van der Waals surface area contributed by atoms with Gasteiger partial charge in [0.25, 0.3) is 5.91 Å². The minimum Gasteiger partial charge on any atom is -0.394 e. The van der Waals surface area contributed by atoms with Crippen LogP contribution in [0.1, 0.15) is 64.1 Å². The minimum absolute atomic E-state index is 0.0806. The van der Waals surface area contributed by atoms with Crippen LogP contribution in [0.5, 0.6) is 0 Å². The lowest BCUT2D eigenvalue weighted by atomic mass is 10.1. The molecule has 9 nitrogen and oxygen atoms in total. The van der Waals surface area contributed by atoms with Gasteiger partial charge in [-0.25, -0.2) is 10.5 Å². The molecule has 0 saturated heterocycles. The summed E-state index contributed by atoms with van der Waals surface area (Å²) >= 11 is 0. The van der Waals surface area contributed by atoms with Gasteiger partial charge < -0.3 is 15.7 Å². The first-order valence-electron chi connectivity index (χ1n) is 11.7. The number of pyridine rings is 1. The third kappa shape index (κ3) is 8.18. The van der Waals surface area contributed by atoms with Crippen molar-refractivity contribution < 1.29 is 19.9 Å². The van der Waals surface area contributed by atoms with Gasteiger partial charge in [-0.15, -0.1) is 0 Å². The Morgan fingerprint density at radius 3 is 2.70 bits per heavy atom. The number of aromatic nitrogens is 2. The highest BCUT2D eigenvalue weighted by Gasteiger charge is 2.16. The van der Waals surface area contributed by atoms with Crippen molar-refractivity contribution in [3.63, 3.8) is 0 Å². The highest BCUT2D eigenvalue weighted by molar-refractivity contribution is 5.91. The van der Waals surface area contributed by atoms with E-state index in [9.17, 15) is 14.7 Å². The third-order valence-corrected chi connectivity index (χ3v) is 5.52. The Kier molecular flexibility index (Phi) is 10.9. The van der Waals surface area contributed by atoms with Crippen LogP contribution in [0.3, 0.4) is 0 Å². The fourth-order valence-corrected chi connectivity index (χ4v) is 3.50. The number of hydroxylamine groups is 1. The smallest absolute Gasteiger partial charge is 0.267 e. The molecule has 2 amide bonds. The van der Waals surface area contributed by atoms with Gasteiger partial charge in [0.1, 0.15) is 11.5 Å². The van der Waals surface area contributed by atoms with Gasteiger partial charge in [-0.2, -0.15) is 0 Å². The van der Waals surface area contributed by atoms with E-state index < -0.39 is 5.91 Å². The van der Waals surface area contributed by atoms with Gasteiger partial charge in [0.15, 0.2) is 0 Å². The number of carbonyl (C=O) groups is 2. The van der Waals surface area contributed by atoms with E-state index in [1.165, 1.54) is 12.5 Å². The molecular formula is C24H37N5O4. The van der Waals surface area contributed by atoms with Crippen molar-refractivity contribution in [3.05, 3.63) is 35.7 Å². The van der Waals surface area contributed by atoms with E-state index in [0.717, 1.165) is 48.4 Å². The molecule has 2 aromatic rings. The fraction of sp³-hybridized carbons (Fsp3) is 0.542. The molecule has 0 unspecified atom stereocenters. The van der Waals surface area contributed by atoms with Crippen LogP contribution in [0.25, 0.3) is 11.7 Å². The Bertz CT molecular complexity index is 938. The number of aliphatic hydroxyl groups is 1. The molecule has 0 fully saturated rings. The molecule has 2 rings (SSSR count). The summed E-state index contributed by atoms with van der Waals surface area (Å²) in [6.07, 6.45) is 10.3. The molecule has 0 aromatic carbocycles. The van der Waals surface area contributed by atoms with Crippen LogP contribution < -0.4 is 16.1 Å². The number of imidazole rings is 1. The van der Waals surface area contributed by atoms with Gasteiger partial charge in [-0.05, 0) is 42.5 Å². The van der Waals surface area contributed by atoms with Crippen molar-refractivity contribution in [3.8, 4) is 0 Å². The van der Waals surface area contributed by atoms with Crippen molar-refractivity contribution in [2.24, 2.45) is 5.92 Å². The highest BCUT2D eigenvalue weighted by atomic mass is 16.5. The number of hydrogen-bond acceptors (Lipinski definition) is 6. The summed E-state index contributed by atoms with van der Waals surface area (Å²) in [5.74, 6) is 0.312. The molecule has 33 heavy (non-hydrogen) atoms. The van der Waals surface area contributed by atoms with E-state index in [2.05, 4.69) is 17.6 Å². The van der Waals surface area contributed by atoms with Crippen LogP contribution in [0.4, 0.5) is 5.82 Å². The molecule has 1 atom stereocenters. The van der Waals surface area contributed by atoms with E-state index in [4.69, 9.17) is 10.2 Å². The predicted molar refractivity (Wildman–Crippen MR) is 129 cm³/mol. The number of rotatable bonds is 14. The first-order chi connectivity index (χ1) is 15.9. The second-order valence-corrected chi connectivity index (χ2v) is 8.49. The highest BCUT2D eigenvalue weighted by Crippen LogP contribution is 2.22. The van der Waals surface area contributed by atoms with E-state index in [1.807, 2.05) is 36.6 Å². The summed E-state index contributed by atoms with van der Waals surface area (Å²) in [7, 11) is 0. The summed E-state index contributed by atoms with van der Waals surface area (Å²) in [5.41, 5.74) is 4.03. The molecule has 182 valence electrons. The average molecular weight is 460 g/mol. The van der Waals surface area contributed by atoms with Crippen LogP contribution >= 0.6 is 0 Å². The van der Waals surface area contributed by atoms with Crippen LogP contribution in [-0.2, 0) is 16.0 Å². The number of nitrogens with one attached hydrogen (secondary N) is 3. The maximum atomic E-state index is 12.3. The number of anilines is 1. The van der Waals surface area contributed by atoms with Gasteiger partial charge in [0.2, 0.25) is 5.91 Å². The van der Waals surface area contributed by atoms with Crippen molar-refractivity contribution in [2.45, 2.75) is 65.3 Å². The number of unbranched alkanes of at least 4 members (excludes halogenated alkanes) is 3. The molecule has 0 aliphatic carbocycles. The molecule has 0 spiro atoms. The SMILES string of the molecule is CCCCCCc1nc2cc(/C=C/C(=O)NO)ccn2c1NCCC(=O)N[C@H](CO)C(C)C. The largest absolute Gasteiger partial charge is 0.394 e. The van der Waals surface area contributed by atoms with Gasteiger partial charge >= 0.3 is 0 Å². The molecular weight excluding hydrogens is 422 g/mol. The molecule has 9 heteroatoms. The second kappa shape index (κ2) is 13.6. The number of fused-ring (bicyclic) bond motifs is 1. The standard InChI is InChI=1S/C24H37N5O4/c1-4-5-6-7-8-19-24(25-13-11-22(31)27-20(16-30)17(2)3)29-14-12-18(15-21(29)26-19)9-10-23(32)28-33/h9-10,12,14-15,17,20,25,30,33H,4-8,11,13,16H2,1-3H3,(H,27,31)(H,28,32)/b10-9+/t20-/m1/s1. The normalized spacial score (nSPS) is 12.4. The number of carbonyl (C=O) groups excluding carboxylic acids is 2. The molecule has 0 bridgehead atoms. The Morgan fingerprint density at radius 2 is 2.03 bits per heavy atom. The molecule has 0 radical (unpaired) electrons. The summed E-state index contributed by atoms with van der Waals surface area (Å²) in [4.78, 5) is 28.3. The van der Waals surface area contributed by atoms with Crippen LogP contribution in [0.2, 0.25) is 0 Å². The zero-order chi connectivity index (χ0) is 24.2. The zero-order valence-corrected chi connectivity index (χ0v) is 19.8. The first-order valence-corrected chi connectivity index (χ1v) is 11.7. The van der Waals surface area contributed by atoms with Gasteiger partial charge in [0.05, 0.1) is 18.3 Å². The lowest BCUT2D eigenvalue weighted by Crippen LogP contribution is -2.41. The summed E-state index contributed by atoms with van der Waals surface area (Å²) in [6, 6.07) is 3.47. The van der Waals surface area contributed by atoms with E-state index in [0.29, 0.717) is 6.54 Å². The van der Waals surface area contributed by atoms with Crippen molar-refractivity contribution in [2.75, 3.05) is 18.5 Å². The molecule has 5 N–H and O–H groups in total. The molecule has 0 aliphatic heterocycles. The van der Waals surface area contributed by atoms with Crippen LogP contribution in [-0.4, -0.2) is 50.7 Å². The summed E-state index contributed by atoms with van der Waals surface area (Å²) in [5, 5.41) is 24.3. The van der Waals surface area contributed by atoms with E-state index >= 15 is 0 Å². The summed E-state index contributed by atoms with van der Waals surface area (Å²) < 4.78 is 1.95. The predicted octanol–water partition coefficient (Wildman–Crippen LogP) is 2.91.